The van der Waals surface area contributed by atoms with Crippen molar-refractivity contribution in [3.8, 4) is 11.5 Å². The van der Waals surface area contributed by atoms with E-state index in [4.69, 9.17) is 4.74 Å². The molecule has 3 N–H and O–H groups in total. The van der Waals surface area contributed by atoms with Crippen LogP contribution in [0.25, 0.3) is 0 Å². The van der Waals surface area contributed by atoms with Crippen LogP contribution in [0.3, 0.4) is 0 Å². The summed E-state index contributed by atoms with van der Waals surface area (Å²) in [5.41, 5.74) is 0.823. The van der Waals surface area contributed by atoms with Gasteiger partial charge >= 0.3 is 6.03 Å². The van der Waals surface area contributed by atoms with Crippen LogP contribution in [0.5, 0.6) is 11.5 Å². The number of hydrogen-bond donors (Lipinski definition) is 3. The van der Waals surface area contributed by atoms with Gasteiger partial charge in [-0.2, -0.15) is 0 Å². The van der Waals surface area contributed by atoms with Crippen molar-refractivity contribution in [3.05, 3.63) is 23.8 Å². The summed E-state index contributed by atoms with van der Waals surface area (Å²) in [5.74, 6) is -0.192. The molecule has 1 aliphatic carbocycles. The Balaban J connectivity index is 1.75. The molecule has 1 aromatic rings. The number of hydrogen-bond acceptors (Lipinski definition) is 5. The van der Waals surface area contributed by atoms with E-state index in [-0.39, 0.29) is 36.4 Å². The zero-order chi connectivity index (χ0) is 18.0. The lowest BCUT2D eigenvalue weighted by atomic mass is 10.1. The molecule has 3 rings (SSSR count). The highest BCUT2D eigenvalue weighted by Gasteiger charge is 2.37. The summed E-state index contributed by atoms with van der Waals surface area (Å²) in [4.78, 5) is 37.7. The number of rotatable bonds is 5. The molecule has 0 bridgehead atoms. The van der Waals surface area contributed by atoms with E-state index in [1.807, 2.05) is 0 Å². The number of phenolic OH excluding ortho intramolecular Hbond substituents is 1. The summed E-state index contributed by atoms with van der Waals surface area (Å²) in [5, 5.41) is 14.4. The summed E-state index contributed by atoms with van der Waals surface area (Å²) in [6.07, 6.45) is 2.23. The van der Waals surface area contributed by atoms with Gasteiger partial charge in [0, 0.05) is 19.0 Å². The van der Waals surface area contributed by atoms with E-state index in [0.717, 1.165) is 18.4 Å². The van der Waals surface area contributed by atoms with Crippen LogP contribution in [0.2, 0.25) is 0 Å². The van der Waals surface area contributed by atoms with Gasteiger partial charge in [0.1, 0.15) is 6.04 Å². The van der Waals surface area contributed by atoms with Crippen LogP contribution < -0.4 is 15.4 Å². The van der Waals surface area contributed by atoms with Gasteiger partial charge in [0.05, 0.1) is 7.11 Å². The van der Waals surface area contributed by atoms with Crippen molar-refractivity contribution in [1.29, 1.82) is 0 Å². The predicted octanol–water partition coefficient (Wildman–Crippen LogP) is 0.880. The van der Waals surface area contributed by atoms with Crippen molar-refractivity contribution in [1.82, 2.24) is 15.5 Å². The van der Waals surface area contributed by atoms with Crippen LogP contribution >= 0.6 is 0 Å². The maximum atomic E-state index is 12.9. The number of carbonyl (C=O) groups excluding carboxylic acids is 3. The number of ether oxygens (including phenoxy) is 1. The summed E-state index contributed by atoms with van der Waals surface area (Å²) < 4.78 is 5.11. The molecule has 1 saturated heterocycles. The number of imide groups is 1. The Hall–Kier alpha value is -2.77. The molecule has 1 saturated carbocycles. The first kappa shape index (κ1) is 17.1. The van der Waals surface area contributed by atoms with Crippen LogP contribution in [0.4, 0.5) is 4.79 Å². The average Bonchev–Trinajstić information content (AvgIpc) is 3.42. The fraction of sp³-hybridized carbons (Fsp3) is 0.471. The minimum atomic E-state index is -0.717. The number of amides is 4. The molecule has 2 fully saturated rings. The molecule has 134 valence electrons. The molecule has 8 heteroatoms. The number of phenols is 1. The summed E-state index contributed by atoms with van der Waals surface area (Å²) in [7, 11) is 1.47. The normalized spacial score (nSPS) is 20.3. The maximum Gasteiger partial charge on any atom is 0.322 e. The Bertz CT molecular complexity index is 702. The third kappa shape index (κ3) is 4.01. The fourth-order valence-corrected chi connectivity index (χ4v) is 2.91. The standard InChI is InChI=1S/C17H21N3O5/c1-25-14-8-10(2-6-13(14)21)9-20(11-3-4-11)16(23)12-5-7-15(22)19-17(24)18-12/h2,6,8,11-12,21H,3-5,7,9H2,1H3,(H2,18,19,22,24)/t12-/m0/s1. The van der Waals surface area contributed by atoms with Crippen molar-refractivity contribution in [2.75, 3.05) is 7.11 Å². The minimum absolute atomic E-state index is 0.0381. The van der Waals surface area contributed by atoms with Gasteiger partial charge in [-0.1, -0.05) is 6.07 Å². The molecule has 1 heterocycles. The van der Waals surface area contributed by atoms with Gasteiger partial charge in [0.25, 0.3) is 0 Å². The van der Waals surface area contributed by atoms with Gasteiger partial charge in [-0.3, -0.25) is 14.9 Å². The highest BCUT2D eigenvalue weighted by atomic mass is 16.5. The fourth-order valence-electron chi connectivity index (χ4n) is 2.91. The number of nitrogens with zero attached hydrogens (tertiary/aromatic N) is 1. The third-order valence-corrected chi connectivity index (χ3v) is 4.38. The van der Waals surface area contributed by atoms with E-state index in [0.29, 0.717) is 12.3 Å². The van der Waals surface area contributed by atoms with Gasteiger partial charge in [0.2, 0.25) is 11.8 Å². The molecule has 2 aliphatic rings. The molecule has 1 aliphatic heterocycles. The van der Waals surface area contributed by atoms with Crippen LogP contribution in [0.1, 0.15) is 31.2 Å². The van der Waals surface area contributed by atoms with Crippen LogP contribution in [-0.2, 0) is 16.1 Å². The van der Waals surface area contributed by atoms with Gasteiger partial charge < -0.3 is 20.1 Å². The van der Waals surface area contributed by atoms with Gasteiger partial charge in [0.15, 0.2) is 11.5 Å². The van der Waals surface area contributed by atoms with E-state index < -0.39 is 12.1 Å². The van der Waals surface area contributed by atoms with E-state index in [9.17, 15) is 19.5 Å². The van der Waals surface area contributed by atoms with E-state index in [1.165, 1.54) is 13.2 Å². The smallest absolute Gasteiger partial charge is 0.322 e. The van der Waals surface area contributed by atoms with Crippen LogP contribution in [-0.4, -0.2) is 47.0 Å². The number of methoxy groups -OCH3 is 1. The van der Waals surface area contributed by atoms with Crippen molar-refractivity contribution in [2.24, 2.45) is 0 Å². The monoisotopic (exact) mass is 347 g/mol. The summed E-state index contributed by atoms with van der Waals surface area (Å²) in [6, 6.07) is 3.73. The summed E-state index contributed by atoms with van der Waals surface area (Å²) >= 11 is 0. The summed E-state index contributed by atoms with van der Waals surface area (Å²) in [6.45, 7) is 0.355. The van der Waals surface area contributed by atoms with E-state index in [2.05, 4.69) is 10.6 Å². The zero-order valence-corrected chi connectivity index (χ0v) is 13.9. The number of benzene rings is 1. The number of urea groups is 1. The Labute approximate surface area is 145 Å². The van der Waals surface area contributed by atoms with E-state index >= 15 is 0 Å². The lowest BCUT2D eigenvalue weighted by Gasteiger charge is -2.27. The molecule has 0 spiro atoms. The van der Waals surface area contributed by atoms with Gasteiger partial charge in [-0.15, -0.1) is 0 Å². The highest BCUT2D eigenvalue weighted by molar-refractivity contribution is 5.98. The van der Waals surface area contributed by atoms with Crippen molar-refractivity contribution >= 4 is 17.8 Å². The van der Waals surface area contributed by atoms with Gasteiger partial charge in [-0.25, -0.2) is 4.79 Å². The number of aromatic hydroxyl groups is 1. The van der Waals surface area contributed by atoms with Crippen molar-refractivity contribution in [3.63, 3.8) is 0 Å². The second-order valence-electron chi connectivity index (χ2n) is 6.32. The molecule has 8 nitrogen and oxygen atoms in total. The molecule has 0 radical (unpaired) electrons. The molecule has 1 aromatic carbocycles. The predicted molar refractivity (Wildman–Crippen MR) is 87.9 cm³/mol. The molecular weight excluding hydrogens is 326 g/mol. The minimum Gasteiger partial charge on any atom is -0.504 e. The average molecular weight is 347 g/mol. The van der Waals surface area contributed by atoms with Crippen LogP contribution in [0, 0.1) is 0 Å². The third-order valence-electron chi connectivity index (χ3n) is 4.38. The van der Waals surface area contributed by atoms with Gasteiger partial charge in [-0.05, 0) is 37.0 Å². The molecular formula is C17H21N3O5. The largest absolute Gasteiger partial charge is 0.504 e. The Kier molecular flexibility index (Phi) is 4.78. The lowest BCUT2D eigenvalue weighted by molar-refractivity contribution is -0.134. The molecule has 4 amide bonds. The van der Waals surface area contributed by atoms with Crippen LogP contribution in [0.15, 0.2) is 18.2 Å². The molecule has 1 atom stereocenters. The Morgan fingerprint density at radius 2 is 2.08 bits per heavy atom. The maximum absolute atomic E-state index is 12.9. The second kappa shape index (κ2) is 7.00. The topological polar surface area (TPSA) is 108 Å². The Morgan fingerprint density at radius 3 is 2.76 bits per heavy atom. The second-order valence-corrected chi connectivity index (χ2v) is 6.32. The van der Waals surface area contributed by atoms with Crippen molar-refractivity contribution < 1.29 is 24.2 Å². The zero-order valence-electron chi connectivity index (χ0n) is 13.9. The number of nitrogens with one attached hydrogen (secondary N) is 2. The SMILES string of the molecule is COc1cc(CN(C(=O)[C@@H]2CCC(=O)NC(=O)N2)C2CC2)ccc1O. The van der Waals surface area contributed by atoms with E-state index in [1.54, 1.807) is 17.0 Å². The first-order chi connectivity index (χ1) is 12.0. The lowest BCUT2D eigenvalue weighted by Crippen LogP contribution is -2.50. The quantitative estimate of drug-likeness (QED) is 0.733. The first-order valence-corrected chi connectivity index (χ1v) is 8.24. The molecule has 25 heavy (non-hydrogen) atoms. The molecule has 0 aromatic heterocycles. The molecule has 0 unspecified atom stereocenters. The van der Waals surface area contributed by atoms with Crippen molar-refractivity contribution in [2.45, 2.75) is 44.3 Å². The first-order valence-electron chi connectivity index (χ1n) is 8.24. The Morgan fingerprint density at radius 1 is 1.32 bits per heavy atom. The number of carbonyl (C=O) groups is 3. The highest BCUT2D eigenvalue weighted by Crippen LogP contribution is 2.32.